The molecule has 176 valence electrons. The number of nitrogens with zero attached hydrogens (tertiary/aromatic N) is 2. The van der Waals surface area contributed by atoms with E-state index >= 15 is 0 Å². The van der Waals surface area contributed by atoms with Crippen LogP contribution in [0.3, 0.4) is 0 Å². The first-order chi connectivity index (χ1) is 16.6. The molecule has 2 aromatic carbocycles. The van der Waals surface area contributed by atoms with Crippen molar-refractivity contribution in [1.29, 1.82) is 0 Å². The summed E-state index contributed by atoms with van der Waals surface area (Å²) in [6.07, 6.45) is 3.30. The number of carbonyl (C=O) groups excluding carboxylic acids is 1. The van der Waals surface area contributed by atoms with E-state index in [2.05, 4.69) is 34.6 Å². The summed E-state index contributed by atoms with van der Waals surface area (Å²) < 4.78 is 10.8. The van der Waals surface area contributed by atoms with E-state index in [0.717, 1.165) is 60.3 Å². The molecule has 4 aromatic rings. The second-order valence-electron chi connectivity index (χ2n) is 8.66. The van der Waals surface area contributed by atoms with E-state index in [1.807, 2.05) is 29.2 Å². The number of nitrogens with one attached hydrogen (secondary N) is 1. The van der Waals surface area contributed by atoms with Gasteiger partial charge in [0.2, 0.25) is 5.91 Å². The third-order valence-corrected chi connectivity index (χ3v) is 7.55. The Morgan fingerprint density at radius 2 is 1.82 bits per heavy atom. The molecule has 5 rings (SSSR count). The highest BCUT2D eigenvalue weighted by molar-refractivity contribution is 7.09. The maximum atomic E-state index is 12.6. The van der Waals surface area contributed by atoms with Gasteiger partial charge >= 0.3 is 0 Å². The quantitative estimate of drug-likeness (QED) is 0.375. The first-order valence-electron chi connectivity index (χ1n) is 11.7. The number of amides is 1. The van der Waals surface area contributed by atoms with Crippen molar-refractivity contribution in [2.75, 3.05) is 27.3 Å². The molecule has 0 radical (unpaired) electrons. The molecular weight excluding hydrogens is 446 g/mol. The van der Waals surface area contributed by atoms with Gasteiger partial charge in [0.05, 0.1) is 25.3 Å². The fourth-order valence-electron chi connectivity index (χ4n) is 4.66. The van der Waals surface area contributed by atoms with Crippen LogP contribution in [0, 0.1) is 0 Å². The molecule has 3 heterocycles. The lowest BCUT2D eigenvalue weighted by molar-refractivity contribution is -0.132. The lowest BCUT2D eigenvalue weighted by Crippen LogP contribution is -2.38. The number of rotatable bonds is 7. The van der Waals surface area contributed by atoms with Crippen molar-refractivity contribution < 1.29 is 14.3 Å². The van der Waals surface area contributed by atoms with Crippen LogP contribution < -0.4 is 9.47 Å². The molecule has 1 N–H and O–H groups in total. The van der Waals surface area contributed by atoms with Gasteiger partial charge in [-0.05, 0) is 66.1 Å². The molecule has 1 aliphatic heterocycles. The van der Waals surface area contributed by atoms with Crippen molar-refractivity contribution in [2.45, 2.75) is 31.6 Å². The fourth-order valence-corrected chi connectivity index (χ4v) is 5.37. The molecule has 1 amide bonds. The first kappa shape index (κ1) is 22.5. The second-order valence-corrected chi connectivity index (χ2v) is 9.69. The number of fused-ring (bicyclic) bond motifs is 1. The van der Waals surface area contributed by atoms with Crippen molar-refractivity contribution in [3.63, 3.8) is 0 Å². The Hall–Kier alpha value is -3.32. The Balaban J connectivity index is 1.25. The minimum absolute atomic E-state index is 0.260. The van der Waals surface area contributed by atoms with Crippen LogP contribution in [0.15, 0.2) is 53.9 Å². The summed E-state index contributed by atoms with van der Waals surface area (Å²) in [4.78, 5) is 24.3. The molecular formula is C27H29N3O3S. The van der Waals surface area contributed by atoms with Crippen molar-refractivity contribution in [3.8, 4) is 22.6 Å². The normalized spacial score (nSPS) is 14.5. The van der Waals surface area contributed by atoms with Crippen LogP contribution in [0.1, 0.15) is 35.9 Å². The van der Waals surface area contributed by atoms with Crippen LogP contribution in [0.5, 0.6) is 11.5 Å². The monoisotopic (exact) mass is 475 g/mol. The van der Waals surface area contributed by atoms with Crippen LogP contribution in [0.25, 0.3) is 22.2 Å². The zero-order valence-electron chi connectivity index (χ0n) is 19.5. The summed E-state index contributed by atoms with van der Waals surface area (Å²) in [5.74, 6) is 3.05. The summed E-state index contributed by atoms with van der Waals surface area (Å²) in [6.45, 7) is 1.59. The largest absolute Gasteiger partial charge is 0.493 e. The molecule has 34 heavy (non-hydrogen) atoms. The summed E-state index contributed by atoms with van der Waals surface area (Å²) >= 11 is 1.72. The number of benzene rings is 2. The predicted molar refractivity (Wildman–Crippen MR) is 136 cm³/mol. The number of methoxy groups -OCH3 is 2. The van der Waals surface area contributed by atoms with Crippen molar-refractivity contribution >= 4 is 28.3 Å². The predicted octanol–water partition coefficient (Wildman–Crippen LogP) is 5.65. The standard InChI is InChI=1S/C27H29N3O3S/c1-32-24-9-6-20(17-25(24)33-2)19-5-8-22-23(16-19)29-27(28-22)18-11-13-30(14-12-18)26(31)10-7-21-4-3-15-34-21/h3-6,8-9,15-18H,7,10-14H2,1-2H3,(H,28,29). The van der Waals surface area contributed by atoms with Gasteiger partial charge in [0.25, 0.3) is 0 Å². The zero-order valence-corrected chi connectivity index (χ0v) is 20.4. The van der Waals surface area contributed by atoms with Crippen molar-refractivity contribution in [2.24, 2.45) is 0 Å². The van der Waals surface area contributed by atoms with Gasteiger partial charge in [0.15, 0.2) is 11.5 Å². The molecule has 0 spiro atoms. The molecule has 6 nitrogen and oxygen atoms in total. The van der Waals surface area contributed by atoms with E-state index in [1.165, 1.54) is 4.88 Å². The van der Waals surface area contributed by atoms with Gasteiger partial charge in [0.1, 0.15) is 5.82 Å². The van der Waals surface area contributed by atoms with Crippen molar-refractivity contribution in [1.82, 2.24) is 14.9 Å². The van der Waals surface area contributed by atoms with E-state index < -0.39 is 0 Å². The van der Waals surface area contributed by atoms with Gasteiger partial charge in [-0.3, -0.25) is 4.79 Å². The third kappa shape index (κ3) is 4.66. The molecule has 0 aliphatic carbocycles. The van der Waals surface area contributed by atoms with Crippen LogP contribution >= 0.6 is 11.3 Å². The maximum absolute atomic E-state index is 12.6. The van der Waals surface area contributed by atoms with Crippen LogP contribution in [-0.4, -0.2) is 48.1 Å². The molecule has 1 saturated heterocycles. The Morgan fingerprint density at radius 1 is 1.06 bits per heavy atom. The van der Waals surface area contributed by atoms with E-state index in [4.69, 9.17) is 14.5 Å². The maximum Gasteiger partial charge on any atom is 0.222 e. The first-order valence-corrected chi connectivity index (χ1v) is 12.5. The number of aromatic amines is 1. The number of likely N-dealkylation sites (tertiary alicyclic amines) is 1. The second kappa shape index (κ2) is 9.89. The van der Waals surface area contributed by atoms with E-state index in [-0.39, 0.29) is 5.91 Å². The summed E-state index contributed by atoms with van der Waals surface area (Å²) in [6, 6.07) is 16.4. The van der Waals surface area contributed by atoms with Gasteiger partial charge in [-0.2, -0.15) is 0 Å². The molecule has 7 heteroatoms. The van der Waals surface area contributed by atoms with Gasteiger partial charge in [-0.1, -0.05) is 18.2 Å². The molecule has 0 atom stereocenters. The number of H-pyrrole nitrogens is 1. The smallest absolute Gasteiger partial charge is 0.222 e. The number of thiophene rings is 1. The highest BCUT2D eigenvalue weighted by Crippen LogP contribution is 2.34. The Bertz CT molecular complexity index is 1270. The molecule has 0 saturated carbocycles. The zero-order chi connectivity index (χ0) is 23.5. The van der Waals surface area contributed by atoms with Crippen LogP contribution in [-0.2, 0) is 11.2 Å². The summed E-state index contributed by atoms with van der Waals surface area (Å²) in [7, 11) is 3.29. The summed E-state index contributed by atoms with van der Waals surface area (Å²) in [5, 5.41) is 2.06. The topological polar surface area (TPSA) is 67.5 Å². The summed E-state index contributed by atoms with van der Waals surface area (Å²) in [5.41, 5.74) is 4.14. The van der Waals surface area contributed by atoms with Gasteiger partial charge in [0, 0.05) is 30.3 Å². The number of aromatic nitrogens is 2. The average molecular weight is 476 g/mol. The molecule has 1 aliphatic rings. The molecule has 2 aromatic heterocycles. The molecule has 1 fully saturated rings. The van der Waals surface area contributed by atoms with Gasteiger partial charge in [-0.25, -0.2) is 4.98 Å². The van der Waals surface area contributed by atoms with E-state index in [9.17, 15) is 4.79 Å². The Kier molecular flexibility index (Phi) is 6.54. The SMILES string of the molecule is COc1ccc(-c2ccc3nc(C4CCN(C(=O)CCc5cccs5)CC4)[nH]c3c2)cc1OC. The van der Waals surface area contributed by atoms with Crippen LogP contribution in [0.4, 0.5) is 0 Å². The lowest BCUT2D eigenvalue weighted by Gasteiger charge is -2.31. The van der Waals surface area contributed by atoms with Crippen molar-refractivity contribution in [3.05, 3.63) is 64.6 Å². The van der Waals surface area contributed by atoms with Gasteiger partial charge in [-0.15, -0.1) is 11.3 Å². The number of carbonyl (C=O) groups is 1. The Morgan fingerprint density at radius 3 is 2.56 bits per heavy atom. The number of aryl methyl sites for hydroxylation is 1. The fraction of sp³-hybridized carbons (Fsp3) is 0.333. The number of piperidine rings is 1. The number of imidazole rings is 1. The minimum Gasteiger partial charge on any atom is -0.493 e. The van der Waals surface area contributed by atoms with E-state index in [1.54, 1.807) is 25.6 Å². The highest BCUT2D eigenvalue weighted by atomic mass is 32.1. The third-order valence-electron chi connectivity index (χ3n) is 6.62. The number of hydrogen-bond donors (Lipinski definition) is 1. The lowest BCUT2D eigenvalue weighted by atomic mass is 9.96. The number of hydrogen-bond acceptors (Lipinski definition) is 5. The Labute approximate surface area is 203 Å². The van der Waals surface area contributed by atoms with Crippen LogP contribution in [0.2, 0.25) is 0 Å². The highest BCUT2D eigenvalue weighted by Gasteiger charge is 2.25. The average Bonchev–Trinajstić information content (AvgIpc) is 3.56. The molecule has 0 bridgehead atoms. The molecule has 0 unspecified atom stereocenters. The van der Waals surface area contributed by atoms with Gasteiger partial charge < -0.3 is 19.4 Å². The minimum atomic E-state index is 0.260. The van der Waals surface area contributed by atoms with E-state index in [0.29, 0.717) is 23.8 Å². The number of ether oxygens (including phenoxy) is 2.